The molecule has 0 aromatic heterocycles. The van der Waals surface area contributed by atoms with E-state index >= 15 is 0 Å². The maximum Gasteiger partial charge on any atom is 0.231 e. The maximum absolute atomic E-state index is 5.58. The van der Waals surface area contributed by atoms with E-state index in [1.165, 1.54) is 0 Å². The monoisotopic (exact) mass is 463 g/mol. The number of rotatable bonds is 9. The first-order chi connectivity index (χ1) is 11.7. The smallest absolute Gasteiger partial charge is 0.231 e. The third-order valence-electron chi connectivity index (χ3n) is 3.41. The van der Waals surface area contributed by atoms with E-state index in [4.69, 9.17) is 14.2 Å². The number of guanidine groups is 1. The standard InChI is InChI=1S/C18H29N3O3.HI/c1-4-19-18(20-8-5-9-22-12-14(2)3)21-11-15-6-7-16-17(10-15)24-13-23-16;/h6-7,10,14H,4-5,8-9,11-13H2,1-3H3,(H2,19,20,21);1H. The predicted octanol–water partition coefficient (Wildman–Crippen LogP) is 3.15. The Hall–Kier alpha value is -1.22. The first-order valence-electron chi connectivity index (χ1n) is 8.67. The molecule has 0 atom stereocenters. The van der Waals surface area contributed by atoms with Gasteiger partial charge in [-0.3, -0.25) is 0 Å². The summed E-state index contributed by atoms with van der Waals surface area (Å²) in [6.07, 6.45) is 0.959. The highest BCUT2D eigenvalue weighted by Gasteiger charge is 2.12. The topological polar surface area (TPSA) is 64.1 Å². The van der Waals surface area contributed by atoms with Crippen LogP contribution >= 0.6 is 24.0 Å². The van der Waals surface area contributed by atoms with Crippen LogP contribution in [-0.2, 0) is 11.3 Å². The van der Waals surface area contributed by atoms with Crippen molar-refractivity contribution < 1.29 is 14.2 Å². The van der Waals surface area contributed by atoms with E-state index in [-0.39, 0.29) is 24.0 Å². The molecule has 0 bridgehead atoms. The van der Waals surface area contributed by atoms with Gasteiger partial charge < -0.3 is 24.8 Å². The molecule has 1 aromatic rings. The minimum atomic E-state index is 0. The molecule has 1 heterocycles. The van der Waals surface area contributed by atoms with Gasteiger partial charge in [-0.05, 0) is 37.0 Å². The van der Waals surface area contributed by atoms with Gasteiger partial charge in [0.05, 0.1) is 6.54 Å². The summed E-state index contributed by atoms with van der Waals surface area (Å²) < 4.78 is 16.3. The summed E-state index contributed by atoms with van der Waals surface area (Å²) in [5.41, 5.74) is 1.09. The summed E-state index contributed by atoms with van der Waals surface area (Å²) in [4.78, 5) is 4.61. The quantitative estimate of drug-likeness (QED) is 0.255. The van der Waals surface area contributed by atoms with Crippen LogP contribution in [0.25, 0.3) is 0 Å². The highest BCUT2D eigenvalue weighted by atomic mass is 127. The Kier molecular flexibility index (Phi) is 10.6. The average molecular weight is 463 g/mol. The number of benzene rings is 1. The molecule has 2 rings (SSSR count). The second-order valence-corrected chi connectivity index (χ2v) is 6.13. The minimum Gasteiger partial charge on any atom is -0.454 e. The zero-order valence-electron chi connectivity index (χ0n) is 15.3. The van der Waals surface area contributed by atoms with Crippen molar-refractivity contribution in [2.45, 2.75) is 33.7 Å². The molecule has 7 heteroatoms. The highest BCUT2D eigenvalue weighted by Crippen LogP contribution is 2.32. The fraction of sp³-hybridized carbons (Fsp3) is 0.611. The molecule has 0 unspecified atom stereocenters. The lowest BCUT2D eigenvalue weighted by molar-refractivity contribution is 0.108. The van der Waals surface area contributed by atoms with Gasteiger partial charge in [0.2, 0.25) is 6.79 Å². The summed E-state index contributed by atoms with van der Waals surface area (Å²) in [5.74, 6) is 3.00. The van der Waals surface area contributed by atoms with E-state index < -0.39 is 0 Å². The molecule has 1 aromatic carbocycles. The van der Waals surface area contributed by atoms with Crippen molar-refractivity contribution in [2.24, 2.45) is 10.9 Å². The van der Waals surface area contributed by atoms with Gasteiger partial charge in [0.15, 0.2) is 17.5 Å². The highest BCUT2D eigenvalue weighted by molar-refractivity contribution is 14.0. The molecule has 0 aliphatic carbocycles. The number of hydrogen-bond acceptors (Lipinski definition) is 4. The van der Waals surface area contributed by atoms with E-state index in [1.54, 1.807) is 0 Å². The molecule has 1 aliphatic heterocycles. The Labute approximate surface area is 167 Å². The fourth-order valence-corrected chi connectivity index (χ4v) is 2.25. The van der Waals surface area contributed by atoms with Crippen molar-refractivity contribution >= 4 is 29.9 Å². The second kappa shape index (κ2) is 12.2. The molecule has 2 N–H and O–H groups in total. The zero-order valence-corrected chi connectivity index (χ0v) is 17.7. The van der Waals surface area contributed by atoms with Crippen molar-refractivity contribution in [3.63, 3.8) is 0 Å². The summed E-state index contributed by atoms with van der Waals surface area (Å²) in [6.45, 7) is 10.5. The first kappa shape index (κ1) is 21.8. The average Bonchev–Trinajstić information content (AvgIpc) is 3.03. The van der Waals surface area contributed by atoms with Crippen LogP contribution < -0.4 is 20.1 Å². The first-order valence-corrected chi connectivity index (χ1v) is 8.67. The van der Waals surface area contributed by atoms with E-state index in [0.717, 1.165) is 55.7 Å². The van der Waals surface area contributed by atoms with Crippen LogP contribution in [0, 0.1) is 5.92 Å². The van der Waals surface area contributed by atoms with Crippen LogP contribution in [0.1, 0.15) is 32.8 Å². The summed E-state index contributed by atoms with van der Waals surface area (Å²) in [6, 6.07) is 5.93. The van der Waals surface area contributed by atoms with Gasteiger partial charge in [-0.15, -0.1) is 24.0 Å². The van der Waals surface area contributed by atoms with E-state index in [9.17, 15) is 0 Å². The van der Waals surface area contributed by atoms with Crippen molar-refractivity contribution in [1.82, 2.24) is 10.6 Å². The zero-order chi connectivity index (χ0) is 17.2. The lowest BCUT2D eigenvalue weighted by atomic mass is 10.2. The molecule has 142 valence electrons. The molecule has 25 heavy (non-hydrogen) atoms. The fourth-order valence-electron chi connectivity index (χ4n) is 2.25. The molecule has 0 amide bonds. The van der Waals surface area contributed by atoms with Gasteiger partial charge in [-0.1, -0.05) is 19.9 Å². The number of aliphatic imine (C=N–C) groups is 1. The van der Waals surface area contributed by atoms with E-state index in [1.807, 2.05) is 18.2 Å². The van der Waals surface area contributed by atoms with Crippen LogP contribution in [0.3, 0.4) is 0 Å². The Balaban J connectivity index is 0.00000312. The predicted molar refractivity (Wildman–Crippen MR) is 111 cm³/mol. The van der Waals surface area contributed by atoms with Crippen molar-refractivity contribution in [3.8, 4) is 11.5 Å². The summed E-state index contributed by atoms with van der Waals surface area (Å²) in [5, 5.41) is 6.59. The minimum absolute atomic E-state index is 0. The van der Waals surface area contributed by atoms with Gasteiger partial charge in [-0.25, -0.2) is 4.99 Å². The maximum atomic E-state index is 5.58. The Morgan fingerprint density at radius 1 is 1.24 bits per heavy atom. The molecule has 0 saturated carbocycles. The Bertz CT molecular complexity index is 538. The van der Waals surface area contributed by atoms with Crippen molar-refractivity contribution in [3.05, 3.63) is 23.8 Å². The second-order valence-electron chi connectivity index (χ2n) is 6.13. The number of halogens is 1. The van der Waals surface area contributed by atoms with Gasteiger partial charge in [0, 0.05) is 26.3 Å². The van der Waals surface area contributed by atoms with E-state index in [0.29, 0.717) is 19.3 Å². The van der Waals surface area contributed by atoms with Crippen LogP contribution in [0.5, 0.6) is 11.5 Å². The molecule has 1 aliphatic rings. The van der Waals surface area contributed by atoms with Gasteiger partial charge >= 0.3 is 0 Å². The van der Waals surface area contributed by atoms with Crippen LogP contribution in [0.2, 0.25) is 0 Å². The molecule has 0 fully saturated rings. The van der Waals surface area contributed by atoms with Gasteiger partial charge in [0.1, 0.15) is 0 Å². The molecule has 0 saturated heterocycles. The largest absolute Gasteiger partial charge is 0.454 e. The van der Waals surface area contributed by atoms with Crippen LogP contribution in [0.4, 0.5) is 0 Å². The summed E-state index contributed by atoms with van der Waals surface area (Å²) in [7, 11) is 0. The van der Waals surface area contributed by atoms with Crippen LogP contribution in [0.15, 0.2) is 23.2 Å². The SMILES string of the molecule is CCNC(=NCc1ccc2c(c1)OCO2)NCCCOCC(C)C.I. The third kappa shape index (κ3) is 8.13. The Morgan fingerprint density at radius 3 is 2.80 bits per heavy atom. The number of nitrogens with zero attached hydrogens (tertiary/aromatic N) is 1. The number of hydrogen-bond donors (Lipinski definition) is 2. The summed E-state index contributed by atoms with van der Waals surface area (Å²) >= 11 is 0. The van der Waals surface area contributed by atoms with Crippen molar-refractivity contribution in [1.29, 1.82) is 0 Å². The third-order valence-corrected chi connectivity index (χ3v) is 3.41. The molecule has 6 nitrogen and oxygen atoms in total. The van der Waals surface area contributed by atoms with Gasteiger partial charge in [-0.2, -0.15) is 0 Å². The molecular weight excluding hydrogens is 433 g/mol. The lowest BCUT2D eigenvalue weighted by Gasteiger charge is -2.12. The number of ether oxygens (including phenoxy) is 3. The molecule has 0 spiro atoms. The Morgan fingerprint density at radius 2 is 2.04 bits per heavy atom. The van der Waals surface area contributed by atoms with E-state index in [2.05, 4.69) is 36.4 Å². The molecular formula is C18H30IN3O3. The normalized spacial score (nSPS) is 12.9. The lowest BCUT2D eigenvalue weighted by Crippen LogP contribution is -2.38. The number of nitrogens with one attached hydrogen (secondary N) is 2. The number of fused-ring (bicyclic) bond motifs is 1. The van der Waals surface area contributed by atoms with Gasteiger partial charge in [0.25, 0.3) is 0 Å². The van der Waals surface area contributed by atoms with Crippen molar-refractivity contribution in [2.75, 3.05) is 33.1 Å². The molecule has 0 radical (unpaired) electrons. The van der Waals surface area contributed by atoms with Crippen LogP contribution in [-0.4, -0.2) is 39.1 Å².